The summed E-state index contributed by atoms with van der Waals surface area (Å²) in [6.45, 7) is 11.5. The molecule has 160 valence electrons. The summed E-state index contributed by atoms with van der Waals surface area (Å²) in [5.74, 6) is 1.39. The summed E-state index contributed by atoms with van der Waals surface area (Å²) >= 11 is 0. The number of hydrogen-bond acceptors (Lipinski definition) is 2. The van der Waals surface area contributed by atoms with Crippen LogP contribution in [0.1, 0.15) is 122 Å². The van der Waals surface area contributed by atoms with E-state index in [9.17, 15) is 4.79 Å². The smallest absolute Gasteiger partial charge is 0.410 e. The van der Waals surface area contributed by atoms with Crippen LogP contribution in [0.25, 0.3) is 0 Å². The molecule has 1 rings (SSSR count). The molecule has 0 saturated carbocycles. The molecule has 1 aromatic rings. The molecule has 0 unspecified atom stereocenters. The highest BCUT2D eigenvalue weighted by Gasteiger charge is 2.17. The van der Waals surface area contributed by atoms with Crippen LogP contribution in [0.4, 0.5) is 4.79 Å². The van der Waals surface area contributed by atoms with Crippen LogP contribution in [0.2, 0.25) is 0 Å². The second-order valence-electron chi connectivity index (χ2n) is 8.57. The molecule has 0 spiro atoms. The molecule has 0 atom stereocenters. The van der Waals surface area contributed by atoms with Crippen molar-refractivity contribution < 1.29 is 9.53 Å². The molecule has 0 radical (unpaired) electrons. The lowest BCUT2D eigenvalue weighted by Gasteiger charge is -2.19. The van der Waals surface area contributed by atoms with Gasteiger partial charge in [-0.3, -0.25) is 0 Å². The van der Waals surface area contributed by atoms with Crippen LogP contribution in [0, 0.1) is 0 Å². The Morgan fingerprint density at radius 3 is 1.75 bits per heavy atom. The molecule has 3 nitrogen and oxygen atoms in total. The van der Waals surface area contributed by atoms with E-state index < -0.39 is 0 Å². The molecule has 28 heavy (non-hydrogen) atoms. The zero-order chi connectivity index (χ0) is 20.8. The van der Waals surface area contributed by atoms with E-state index in [1.54, 1.807) is 0 Å². The van der Waals surface area contributed by atoms with Crippen molar-refractivity contribution >= 4 is 6.09 Å². The van der Waals surface area contributed by atoms with Gasteiger partial charge < -0.3 is 10.1 Å². The Labute approximate surface area is 173 Å². The lowest BCUT2D eigenvalue weighted by molar-refractivity contribution is 0.199. The fourth-order valence-corrected chi connectivity index (χ4v) is 3.53. The van der Waals surface area contributed by atoms with Crippen molar-refractivity contribution in [1.82, 2.24) is 5.32 Å². The van der Waals surface area contributed by atoms with E-state index >= 15 is 0 Å². The lowest BCUT2D eigenvalue weighted by Crippen LogP contribution is -2.28. The van der Waals surface area contributed by atoms with Gasteiger partial charge in [0, 0.05) is 6.54 Å². The Hall–Kier alpha value is -1.51. The number of hydrogen-bond donors (Lipinski definition) is 1. The van der Waals surface area contributed by atoms with Gasteiger partial charge in [0.05, 0.1) is 0 Å². The van der Waals surface area contributed by atoms with E-state index in [0.29, 0.717) is 18.4 Å². The predicted octanol–water partition coefficient (Wildman–Crippen LogP) is 7.94. The van der Waals surface area contributed by atoms with Crippen LogP contribution >= 0.6 is 0 Å². The summed E-state index contributed by atoms with van der Waals surface area (Å²) in [7, 11) is 0. The van der Waals surface area contributed by atoms with Gasteiger partial charge in [0.15, 0.2) is 0 Å². The van der Waals surface area contributed by atoms with Crippen molar-refractivity contribution in [1.29, 1.82) is 0 Å². The van der Waals surface area contributed by atoms with Gasteiger partial charge in [-0.1, -0.05) is 111 Å². The second-order valence-corrected chi connectivity index (χ2v) is 8.57. The SMILES string of the molecule is CCCCCCCCCCCCNC(=O)Oc1c(C(C)C)cccc1C(C)C. The van der Waals surface area contributed by atoms with Crippen molar-refractivity contribution in [3.8, 4) is 5.75 Å². The fraction of sp³-hybridized carbons (Fsp3) is 0.720. The Morgan fingerprint density at radius 1 is 0.821 bits per heavy atom. The largest absolute Gasteiger partial charge is 0.412 e. The van der Waals surface area contributed by atoms with E-state index in [1.165, 1.54) is 57.8 Å². The minimum absolute atomic E-state index is 0.323. The molecule has 1 amide bonds. The van der Waals surface area contributed by atoms with Crippen molar-refractivity contribution in [3.05, 3.63) is 29.3 Å². The lowest BCUT2D eigenvalue weighted by atomic mass is 9.94. The van der Waals surface area contributed by atoms with Gasteiger partial charge in [-0.15, -0.1) is 0 Å². The summed E-state index contributed by atoms with van der Waals surface area (Å²) in [4.78, 5) is 12.3. The first-order valence-electron chi connectivity index (χ1n) is 11.6. The standard InChI is InChI=1S/C25H43NO2/c1-6-7-8-9-10-11-12-13-14-15-19-26-25(27)28-24-22(20(2)3)17-16-18-23(24)21(4)5/h16-18,20-21H,6-15,19H2,1-5H3,(H,26,27). The summed E-state index contributed by atoms with van der Waals surface area (Å²) in [5.41, 5.74) is 2.19. The van der Waals surface area contributed by atoms with Crippen LogP contribution < -0.4 is 10.1 Å². The van der Waals surface area contributed by atoms with E-state index in [1.807, 2.05) is 0 Å². The maximum absolute atomic E-state index is 12.3. The number of amides is 1. The molecule has 0 bridgehead atoms. The van der Waals surface area contributed by atoms with Crippen molar-refractivity contribution in [2.75, 3.05) is 6.54 Å². The average Bonchev–Trinajstić information content (AvgIpc) is 2.65. The Bertz CT molecular complexity index is 525. The quantitative estimate of drug-likeness (QED) is 0.328. The second kappa shape index (κ2) is 14.5. The number of benzene rings is 1. The van der Waals surface area contributed by atoms with Gasteiger partial charge in [-0.25, -0.2) is 4.79 Å². The topological polar surface area (TPSA) is 38.3 Å². The highest BCUT2D eigenvalue weighted by atomic mass is 16.6. The highest BCUT2D eigenvalue weighted by molar-refractivity contribution is 5.71. The number of para-hydroxylation sites is 1. The third-order valence-corrected chi connectivity index (χ3v) is 5.31. The number of carbonyl (C=O) groups excluding carboxylic acids is 1. The Kier molecular flexibility index (Phi) is 12.7. The van der Waals surface area contributed by atoms with E-state index in [0.717, 1.165) is 23.3 Å². The normalized spacial score (nSPS) is 11.2. The zero-order valence-corrected chi connectivity index (χ0v) is 19.0. The van der Waals surface area contributed by atoms with Crippen LogP contribution in [0.3, 0.4) is 0 Å². The molecule has 0 aromatic heterocycles. The molecule has 3 heteroatoms. The number of rotatable bonds is 14. The van der Waals surface area contributed by atoms with Crippen molar-refractivity contribution in [2.45, 2.75) is 111 Å². The maximum Gasteiger partial charge on any atom is 0.412 e. The van der Waals surface area contributed by atoms with Gasteiger partial charge in [0.25, 0.3) is 0 Å². The van der Waals surface area contributed by atoms with Crippen LogP contribution in [0.15, 0.2) is 18.2 Å². The minimum Gasteiger partial charge on any atom is -0.410 e. The molecular formula is C25H43NO2. The first-order chi connectivity index (χ1) is 13.5. The van der Waals surface area contributed by atoms with Gasteiger partial charge in [-0.2, -0.15) is 0 Å². The van der Waals surface area contributed by atoms with Crippen LogP contribution in [-0.2, 0) is 0 Å². The predicted molar refractivity (Wildman–Crippen MR) is 120 cm³/mol. The van der Waals surface area contributed by atoms with Crippen molar-refractivity contribution in [2.24, 2.45) is 0 Å². The first-order valence-corrected chi connectivity index (χ1v) is 11.6. The molecule has 0 heterocycles. The van der Waals surface area contributed by atoms with Crippen LogP contribution in [0.5, 0.6) is 5.75 Å². The number of unbranched alkanes of at least 4 members (excludes halogenated alkanes) is 9. The minimum atomic E-state index is -0.328. The summed E-state index contributed by atoms with van der Waals surface area (Å²) in [5, 5.41) is 2.93. The van der Waals surface area contributed by atoms with E-state index in [4.69, 9.17) is 4.74 Å². The monoisotopic (exact) mass is 389 g/mol. The highest BCUT2D eigenvalue weighted by Crippen LogP contribution is 2.34. The van der Waals surface area contributed by atoms with E-state index in [2.05, 4.69) is 58.1 Å². The fourth-order valence-electron chi connectivity index (χ4n) is 3.53. The Morgan fingerprint density at radius 2 is 1.29 bits per heavy atom. The number of nitrogens with one attached hydrogen (secondary N) is 1. The van der Waals surface area contributed by atoms with E-state index in [-0.39, 0.29) is 6.09 Å². The zero-order valence-electron chi connectivity index (χ0n) is 19.0. The molecule has 0 fully saturated rings. The molecular weight excluding hydrogens is 346 g/mol. The average molecular weight is 390 g/mol. The van der Waals surface area contributed by atoms with Gasteiger partial charge >= 0.3 is 6.09 Å². The third kappa shape index (κ3) is 9.61. The molecule has 0 aliphatic rings. The van der Waals surface area contributed by atoms with Gasteiger partial charge in [0.2, 0.25) is 0 Å². The first kappa shape index (κ1) is 24.5. The number of carbonyl (C=O) groups is 1. The van der Waals surface area contributed by atoms with Gasteiger partial charge in [0.1, 0.15) is 5.75 Å². The third-order valence-electron chi connectivity index (χ3n) is 5.31. The van der Waals surface area contributed by atoms with Crippen LogP contribution in [-0.4, -0.2) is 12.6 Å². The van der Waals surface area contributed by atoms with Crippen molar-refractivity contribution in [3.63, 3.8) is 0 Å². The molecule has 0 aliphatic heterocycles. The maximum atomic E-state index is 12.3. The number of ether oxygens (including phenoxy) is 1. The summed E-state index contributed by atoms with van der Waals surface area (Å²) < 4.78 is 5.74. The molecule has 1 N–H and O–H groups in total. The molecule has 0 saturated heterocycles. The molecule has 1 aromatic carbocycles. The summed E-state index contributed by atoms with van der Waals surface area (Å²) in [6, 6.07) is 6.17. The van der Waals surface area contributed by atoms with Gasteiger partial charge in [-0.05, 0) is 29.4 Å². The Balaban J connectivity index is 2.27. The summed E-state index contributed by atoms with van der Waals surface area (Å²) in [6.07, 6.45) is 12.6. The molecule has 0 aliphatic carbocycles.